The van der Waals surface area contributed by atoms with Gasteiger partial charge in [0.05, 0.1) is 6.61 Å². The van der Waals surface area contributed by atoms with Crippen LogP contribution < -0.4 is 15.4 Å². The van der Waals surface area contributed by atoms with Crippen molar-refractivity contribution in [1.82, 2.24) is 10.6 Å². The van der Waals surface area contributed by atoms with Crippen LogP contribution in [0.5, 0.6) is 5.75 Å². The van der Waals surface area contributed by atoms with E-state index < -0.39 is 0 Å². The van der Waals surface area contributed by atoms with Crippen LogP contribution in [0.25, 0.3) is 0 Å². The quantitative estimate of drug-likeness (QED) is 0.661. The maximum absolute atomic E-state index is 11.4. The summed E-state index contributed by atoms with van der Waals surface area (Å²) in [6.07, 6.45) is 0. The molecule has 0 fully saturated rings. The van der Waals surface area contributed by atoms with Crippen molar-refractivity contribution in [1.29, 1.82) is 0 Å². The highest BCUT2D eigenvalue weighted by atomic mass is 35.5. The van der Waals surface area contributed by atoms with Crippen molar-refractivity contribution in [3.63, 3.8) is 0 Å². The SMILES string of the molecule is COCCNCCNC(=O)COc1ccccc1.Cl. The summed E-state index contributed by atoms with van der Waals surface area (Å²) in [5, 5.41) is 5.90. The van der Waals surface area contributed by atoms with Crippen LogP contribution >= 0.6 is 12.4 Å². The van der Waals surface area contributed by atoms with Crippen molar-refractivity contribution < 1.29 is 14.3 Å². The lowest BCUT2D eigenvalue weighted by atomic mass is 10.3. The summed E-state index contributed by atoms with van der Waals surface area (Å²) < 4.78 is 10.2. The summed E-state index contributed by atoms with van der Waals surface area (Å²) >= 11 is 0. The molecule has 1 aromatic carbocycles. The fourth-order valence-electron chi connectivity index (χ4n) is 1.31. The number of nitrogens with one attached hydrogen (secondary N) is 2. The molecule has 0 saturated carbocycles. The van der Waals surface area contributed by atoms with Gasteiger partial charge < -0.3 is 20.1 Å². The Labute approximate surface area is 120 Å². The van der Waals surface area contributed by atoms with E-state index in [1.54, 1.807) is 7.11 Å². The molecule has 1 rings (SSSR count). The van der Waals surface area contributed by atoms with Gasteiger partial charge in [0.1, 0.15) is 5.75 Å². The monoisotopic (exact) mass is 288 g/mol. The van der Waals surface area contributed by atoms with Crippen LogP contribution in [0.4, 0.5) is 0 Å². The Morgan fingerprint density at radius 2 is 1.89 bits per heavy atom. The second-order valence-corrected chi connectivity index (χ2v) is 3.69. The lowest BCUT2D eigenvalue weighted by molar-refractivity contribution is -0.123. The maximum Gasteiger partial charge on any atom is 0.257 e. The van der Waals surface area contributed by atoms with E-state index in [0.717, 1.165) is 13.1 Å². The van der Waals surface area contributed by atoms with Crippen LogP contribution in [0.2, 0.25) is 0 Å². The first kappa shape index (κ1) is 17.7. The molecule has 0 spiro atoms. The number of para-hydroxylation sites is 1. The number of amides is 1. The lowest BCUT2D eigenvalue weighted by Crippen LogP contribution is -2.35. The Morgan fingerprint density at radius 1 is 1.16 bits per heavy atom. The minimum atomic E-state index is -0.118. The third kappa shape index (κ3) is 9.30. The predicted molar refractivity (Wildman–Crippen MR) is 76.9 cm³/mol. The van der Waals surface area contributed by atoms with E-state index in [1.807, 2.05) is 30.3 Å². The number of benzene rings is 1. The largest absolute Gasteiger partial charge is 0.484 e. The molecule has 0 aliphatic rings. The number of carbonyl (C=O) groups excluding carboxylic acids is 1. The van der Waals surface area contributed by atoms with Gasteiger partial charge in [-0.15, -0.1) is 12.4 Å². The zero-order valence-electron chi connectivity index (χ0n) is 11.1. The molecule has 0 saturated heterocycles. The van der Waals surface area contributed by atoms with Crippen molar-refractivity contribution in [2.45, 2.75) is 0 Å². The molecule has 0 radical (unpaired) electrons. The van der Waals surface area contributed by atoms with Crippen LogP contribution in [0.15, 0.2) is 30.3 Å². The van der Waals surface area contributed by atoms with Crippen LogP contribution in [-0.2, 0) is 9.53 Å². The average Bonchev–Trinajstić information content (AvgIpc) is 2.41. The van der Waals surface area contributed by atoms with Crippen molar-refractivity contribution in [3.05, 3.63) is 30.3 Å². The number of carbonyl (C=O) groups is 1. The number of hydrogen-bond acceptors (Lipinski definition) is 4. The zero-order chi connectivity index (χ0) is 13.1. The summed E-state index contributed by atoms with van der Waals surface area (Å²) in [6, 6.07) is 9.28. The van der Waals surface area contributed by atoms with Gasteiger partial charge in [0.2, 0.25) is 0 Å². The Bertz CT molecular complexity index is 336. The van der Waals surface area contributed by atoms with Crippen molar-refractivity contribution in [3.8, 4) is 5.75 Å². The second kappa shape index (κ2) is 11.8. The van der Waals surface area contributed by atoms with E-state index in [1.165, 1.54) is 0 Å². The standard InChI is InChI=1S/C13H20N2O3.ClH/c1-17-10-9-14-7-8-15-13(16)11-18-12-5-3-2-4-6-12;/h2-6,14H,7-11H2,1H3,(H,15,16);1H. The molecule has 0 aromatic heterocycles. The fourth-order valence-corrected chi connectivity index (χ4v) is 1.31. The van der Waals surface area contributed by atoms with E-state index in [9.17, 15) is 4.79 Å². The zero-order valence-corrected chi connectivity index (χ0v) is 11.9. The summed E-state index contributed by atoms with van der Waals surface area (Å²) in [5.74, 6) is 0.582. The molecular weight excluding hydrogens is 268 g/mol. The molecule has 108 valence electrons. The first-order valence-electron chi connectivity index (χ1n) is 5.97. The van der Waals surface area contributed by atoms with E-state index in [4.69, 9.17) is 9.47 Å². The highest BCUT2D eigenvalue weighted by Gasteiger charge is 2.01. The Hall–Kier alpha value is -1.30. The minimum absolute atomic E-state index is 0. The van der Waals surface area contributed by atoms with Crippen LogP contribution in [-0.4, -0.2) is 45.9 Å². The average molecular weight is 289 g/mol. The van der Waals surface area contributed by atoms with Gasteiger partial charge >= 0.3 is 0 Å². The first-order valence-corrected chi connectivity index (χ1v) is 5.97. The molecule has 0 atom stereocenters. The second-order valence-electron chi connectivity index (χ2n) is 3.69. The molecule has 19 heavy (non-hydrogen) atoms. The van der Waals surface area contributed by atoms with E-state index in [-0.39, 0.29) is 24.9 Å². The highest BCUT2D eigenvalue weighted by molar-refractivity contribution is 5.85. The molecule has 6 heteroatoms. The van der Waals surface area contributed by atoms with Crippen molar-refractivity contribution in [2.24, 2.45) is 0 Å². The smallest absolute Gasteiger partial charge is 0.257 e. The molecule has 0 aliphatic carbocycles. The Kier molecular flexibility index (Phi) is 11.0. The first-order chi connectivity index (χ1) is 8.83. The predicted octanol–water partition coefficient (Wildman–Crippen LogP) is 0.839. The number of methoxy groups -OCH3 is 1. The fraction of sp³-hybridized carbons (Fsp3) is 0.462. The Balaban J connectivity index is 0.00000324. The highest BCUT2D eigenvalue weighted by Crippen LogP contribution is 2.07. The maximum atomic E-state index is 11.4. The Morgan fingerprint density at radius 3 is 2.58 bits per heavy atom. The number of rotatable bonds is 9. The molecular formula is C13H21ClN2O3. The lowest BCUT2D eigenvalue weighted by Gasteiger charge is -2.08. The summed E-state index contributed by atoms with van der Waals surface area (Å²) in [5.41, 5.74) is 0. The molecule has 0 unspecified atom stereocenters. The van der Waals surface area contributed by atoms with Gasteiger partial charge in [-0.25, -0.2) is 0 Å². The third-order valence-electron chi connectivity index (χ3n) is 2.22. The number of halogens is 1. The normalized spacial score (nSPS) is 9.53. The van der Waals surface area contributed by atoms with Crippen LogP contribution in [0.3, 0.4) is 0 Å². The summed E-state index contributed by atoms with van der Waals surface area (Å²) in [7, 11) is 1.66. The van der Waals surface area contributed by atoms with Gasteiger partial charge in [-0.3, -0.25) is 4.79 Å². The molecule has 1 aromatic rings. The van der Waals surface area contributed by atoms with E-state index in [2.05, 4.69) is 10.6 Å². The van der Waals surface area contributed by atoms with Crippen LogP contribution in [0, 0.1) is 0 Å². The number of ether oxygens (including phenoxy) is 2. The molecule has 1 amide bonds. The van der Waals surface area contributed by atoms with Gasteiger partial charge in [0.25, 0.3) is 5.91 Å². The molecule has 0 heterocycles. The summed E-state index contributed by atoms with van der Waals surface area (Å²) in [4.78, 5) is 11.4. The van der Waals surface area contributed by atoms with E-state index in [0.29, 0.717) is 18.9 Å². The van der Waals surface area contributed by atoms with Crippen LogP contribution in [0.1, 0.15) is 0 Å². The topological polar surface area (TPSA) is 59.6 Å². The molecule has 5 nitrogen and oxygen atoms in total. The van der Waals surface area contributed by atoms with E-state index >= 15 is 0 Å². The van der Waals surface area contributed by atoms with Gasteiger partial charge in [-0.05, 0) is 12.1 Å². The van der Waals surface area contributed by atoms with Crippen molar-refractivity contribution in [2.75, 3.05) is 40.0 Å². The molecule has 0 bridgehead atoms. The summed E-state index contributed by atoms with van der Waals surface area (Å²) in [6.45, 7) is 2.81. The molecule has 0 aliphatic heterocycles. The minimum Gasteiger partial charge on any atom is -0.484 e. The van der Waals surface area contributed by atoms with Gasteiger partial charge in [-0.2, -0.15) is 0 Å². The van der Waals surface area contributed by atoms with Gasteiger partial charge in [0, 0.05) is 26.7 Å². The van der Waals surface area contributed by atoms with Crippen molar-refractivity contribution >= 4 is 18.3 Å². The molecule has 2 N–H and O–H groups in total. The third-order valence-corrected chi connectivity index (χ3v) is 2.22. The van der Waals surface area contributed by atoms with Gasteiger partial charge in [-0.1, -0.05) is 18.2 Å². The van der Waals surface area contributed by atoms with Gasteiger partial charge in [0.15, 0.2) is 6.61 Å². The number of hydrogen-bond donors (Lipinski definition) is 2.